The molecule has 0 atom stereocenters. The first-order chi connectivity index (χ1) is 20.5. The van der Waals surface area contributed by atoms with Crippen molar-refractivity contribution in [1.29, 1.82) is 0 Å². The fourth-order valence-corrected chi connectivity index (χ4v) is 5.45. The second-order valence-corrected chi connectivity index (χ2v) is 10.1. The SMILES string of the molecule is C1COCCO1.NC(=O)C1c2ccccc2C=Cc2ccccc21.NC(=O)C1c2ccccc2C=Cc2ccccc21. The molecule has 6 heteroatoms. The summed E-state index contributed by atoms with van der Waals surface area (Å²) < 4.78 is 9.89. The normalized spacial score (nSPS) is 15.0. The number of benzene rings is 4. The molecule has 3 aliphatic rings. The molecule has 2 amide bonds. The fourth-order valence-electron chi connectivity index (χ4n) is 5.45. The first-order valence-corrected chi connectivity index (χ1v) is 14.0. The monoisotopic (exact) mass is 558 g/mol. The number of rotatable bonds is 2. The Morgan fingerprint density at radius 1 is 0.452 bits per heavy atom. The van der Waals surface area contributed by atoms with Gasteiger partial charge in [0.1, 0.15) is 0 Å². The number of amides is 2. The average Bonchev–Trinajstić information content (AvgIpc) is 3.31. The van der Waals surface area contributed by atoms with Crippen molar-refractivity contribution in [2.45, 2.75) is 11.8 Å². The van der Waals surface area contributed by atoms with Gasteiger partial charge in [0.25, 0.3) is 0 Å². The van der Waals surface area contributed by atoms with Crippen molar-refractivity contribution < 1.29 is 19.1 Å². The van der Waals surface area contributed by atoms with Crippen molar-refractivity contribution in [3.63, 3.8) is 0 Å². The molecule has 1 saturated heterocycles. The Balaban J connectivity index is 0.000000141. The van der Waals surface area contributed by atoms with Crippen LogP contribution in [0.2, 0.25) is 0 Å². The van der Waals surface area contributed by atoms with Crippen LogP contribution in [-0.2, 0) is 19.1 Å². The maximum absolute atomic E-state index is 11.8. The minimum atomic E-state index is -0.368. The number of primary amides is 2. The highest BCUT2D eigenvalue weighted by Crippen LogP contribution is 2.35. The summed E-state index contributed by atoms with van der Waals surface area (Å²) in [4.78, 5) is 23.7. The van der Waals surface area contributed by atoms with Crippen molar-refractivity contribution in [2.75, 3.05) is 26.4 Å². The van der Waals surface area contributed by atoms with Crippen molar-refractivity contribution in [1.82, 2.24) is 0 Å². The van der Waals surface area contributed by atoms with Crippen molar-refractivity contribution in [3.8, 4) is 0 Å². The van der Waals surface area contributed by atoms with Crippen molar-refractivity contribution >= 4 is 36.1 Å². The van der Waals surface area contributed by atoms with Crippen LogP contribution in [0, 0.1) is 0 Å². The van der Waals surface area contributed by atoms with Crippen LogP contribution in [0.5, 0.6) is 0 Å². The molecule has 0 saturated carbocycles. The number of nitrogens with two attached hydrogens (primary N) is 2. The number of hydrogen-bond acceptors (Lipinski definition) is 4. The van der Waals surface area contributed by atoms with E-state index < -0.39 is 0 Å². The van der Waals surface area contributed by atoms with Gasteiger partial charge >= 0.3 is 0 Å². The molecule has 4 N–H and O–H groups in total. The van der Waals surface area contributed by atoms with Gasteiger partial charge in [-0.1, -0.05) is 121 Å². The smallest absolute Gasteiger partial charge is 0.229 e. The number of ether oxygens (including phenoxy) is 2. The Labute approximate surface area is 246 Å². The van der Waals surface area contributed by atoms with Crippen molar-refractivity contribution in [2.24, 2.45) is 11.5 Å². The third kappa shape index (κ3) is 6.57. The molecule has 42 heavy (non-hydrogen) atoms. The molecule has 0 bridgehead atoms. The minimum Gasteiger partial charge on any atom is -0.377 e. The molecule has 0 radical (unpaired) electrons. The van der Waals surface area contributed by atoms with E-state index in [0.29, 0.717) is 0 Å². The predicted molar refractivity (Wildman–Crippen MR) is 167 cm³/mol. The lowest BCUT2D eigenvalue weighted by molar-refractivity contribution is -0.119. The Morgan fingerprint density at radius 3 is 0.905 bits per heavy atom. The molecular weight excluding hydrogens is 524 g/mol. The van der Waals surface area contributed by atoms with Crippen molar-refractivity contribution in [3.05, 3.63) is 142 Å². The van der Waals surface area contributed by atoms with E-state index in [-0.39, 0.29) is 23.7 Å². The Hall–Kier alpha value is -4.78. The van der Waals surface area contributed by atoms with Gasteiger partial charge in [0.15, 0.2) is 0 Å². The number of fused-ring (bicyclic) bond motifs is 4. The molecule has 2 aliphatic carbocycles. The summed E-state index contributed by atoms with van der Waals surface area (Å²) in [6, 6.07) is 31.6. The molecule has 1 aliphatic heterocycles. The Morgan fingerprint density at radius 2 is 0.690 bits per heavy atom. The van der Waals surface area contributed by atoms with E-state index in [1.807, 2.05) is 121 Å². The Kier molecular flexibility index (Phi) is 9.39. The van der Waals surface area contributed by atoms with Crippen LogP contribution in [0.15, 0.2) is 97.1 Å². The molecule has 212 valence electrons. The van der Waals surface area contributed by atoms with E-state index >= 15 is 0 Å². The predicted octanol–water partition coefficient (Wildman–Crippen LogP) is 5.61. The highest BCUT2D eigenvalue weighted by Gasteiger charge is 2.26. The summed E-state index contributed by atoms with van der Waals surface area (Å²) in [5, 5.41) is 0. The Bertz CT molecular complexity index is 1390. The molecule has 6 nitrogen and oxygen atoms in total. The summed E-state index contributed by atoms with van der Waals surface area (Å²) in [6.45, 7) is 3.11. The quantitative estimate of drug-likeness (QED) is 0.334. The van der Waals surface area contributed by atoms with Crippen LogP contribution in [0.1, 0.15) is 56.3 Å². The van der Waals surface area contributed by atoms with Crippen LogP contribution in [0.4, 0.5) is 0 Å². The zero-order chi connectivity index (χ0) is 29.3. The number of hydrogen-bond donors (Lipinski definition) is 2. The fraction of sp³-hybridized carbons (Fsp3) is 0.167. The van der Waals surface area contributed by atoms with Gasteiger partial charge in [-0.15, -0.1) is 0 Å². The molecule has 1 fully saturated rings. The van der Waals surface area contributed by atoms with Crippen LogP contribution in [0.3, 0.4) is 0 Å². The number of carbonyl (C=O) groups is 2. The maximum atomic E-state index is 11.8. The number of carbonyl (C=O) groups excluding carboxylic acids is 2. The lowest BCUT2D eigenvalue weighted by Gasteiger charge is -2.16. The summed E-state index contributed by atoms with van der Waals surface area (Å²) in [6.07, 6.45) is 8.16. The van der Waals surface area contributed by atoms with E-state index in [2.05, 4.69) is 0 Å². The molecule has 0 spiro atoms. The molecule has 4 aromatic carbocycles. The lowest BCUT2D eigenvalue weighted by Crippen LogP contribution is -2.23. The van der Waals surface area contributed by atoms with Gasteiger partial charge in [-0.05, 0) is 44.5 Å². The molecule has 0 aromatic heterocycles. The molecule has 4 aromatic rings. The minimum absolute atomic E-state index is 0.307. The van der Waals surface area contributed by atoms with Gasteiger partial charge in [-0.3, -0.25) is 9.59 Å². The lowest BCUT2D eigenvalue weighted by atomic mass is 9.87. The second kappa shape index (κ2) is 13.7. The van der Waals surface area contributed by atoms with Gasteiger partial charge in [0, 0.05) is 0 Å². The van der Waals surface area contributed by atoms with E-state index in [9.17, 15) is 9.59 Å². The molecule has 1 heterocycles. The topological polar surface area (TPSA) is 105 Å². The zero-order valence-corrected chi connectivity index (χ0v) is 23.3. The summed E-state index contributed by atoms with van der Waals surface area (Å²) in [5.74, 6) is -1.35. The molecule has 0 unspecified atom stereocenters. The van der Waals surface area contributed by atoms with Crippen LogP contribution < -0.4 is 11.5 Å². The third-order valence-electron chi connectivity index (χ3n) is 7.43. The van der Waals surface area contributed by atoms with Crippen LogP contribution in [-0.4, -0.2) is 38.2 Å². The van der Waals surface area contributed by atoms with Gasteiger partial charge in [0.05, 0.1) is 38.3 Å². The average molecular weight is 559 g/mol. The van der Waals surface area contributed by atoms with Gasteiger partial charge in [-0.25, -0.2) is 0 Å². The van der Waals surface area contributed by atoms with Gasteiger partial charge < -0.3 is 20.9 Å². The van der Waals surface area contributed by atoms with Crippen LogP contribution >= 0.6 is 0 Å². The van der Waals surface area contributed by atoms with E-state index in [4.69, 9.17) is 20.9 Å². The largest absolute Gasteiger partial charge is 0.377 e. The van der Waals surface area contributed by atoms with E-state index in [1.54, 1.807) is 0 Å². The summed E-state index contributed by atoms with van der Waals surface area (Å²) >= 11 is 0. The van der Waals surface area contributed by atoms with Gasteiger partial charge in [-0.2, -0.15) is 0 Å². The molecular formula is C36H34N2O4. The highest BCUT2D eigenvalue weighted by molar-refractivity contribution is 5.92. The summed E-state index contributed by atoms with van der Waals surface area (Å²) in [7, 11) is 0. The first kappa shape index (κ1) is 28.7. The maximum Gasteiger partial charge on any atom is 0.229 e. The standard InChI is InChI=1S/2C16H13NO.C4H8O2/c2*17-16(18)15-13-7-3-1-5-11(13)9-10-12-6-2-4-8-14(12)15;1-2-6-4-3-5-1/h2*1-10,15H,(H2,17,18);1-4H2. The first-order valence-electron chi connectivity index (χ1n) is 14.0. The highest BCUT2D eigenvalue weighted by atomic mass is 16.6. The third-order valence-corrected chi connectivity index (χ3v) is 7.43. The second-order valence-electron chi connectivity index (χ2n) is 10.1. The van der Waals surface area contributed by atoms with E-state index in [0.717, 1.165) is 70.9 Å². The van der Waals surface area contributed by atoms with Crippen LogP contribution in [0.25, 0.3) is 24.3 Å². The summed E-state index contributed by atoms with van der Waals surface area (Å²) in [5.41, 5.74) is 19.3. The van der Waals surface area contributed by atoms with E-state index in [1.165, 1.54) is 0 Å². The molecule has 7 rings (SSSR count). The zero-order valence-electron chi connectivity index (χ0n) is 23.3. The van der Waals surface area contributed by atoms with Gasteiger partial charge in [0.2, 0.25) is 11.8 Å².